The highest BCUT2D eigenvalue weighted by atomic mass is 32.2. The van der Waals surface area contributed by atoms with Crippen LogP contribution in [0.15, 0.2) is 48.5 Å². The van der Waals surface area contributed by atoms with Gasteiger partial charge in [-0.1, -0.05) is 18.2 Å². The lowest BCUT2D eigenvalue weighted by molar-refractivity contribution is -0.134. The van der Waals surface area contributed by atoms with Crippen LogP contribution in [0.4, 0.5) is 11.4 Å². The first kappa shape index (κ1) is 18.5. The van der Waals surface area contributed by atoms with Gasteiger partial charge in [0.1, 0.15) is 11.3 Å². The van der Waals surface area contributed by atoms with Crippen LogP contribution < -0.4 is 15.4 Å². The third-order valence-electron chi connectivity index (χ3n) is 6.13. The van der Waals surface area contributed by atoms with E-state index >= 15 is 0 Å². The van der Waals surface area contributed by atoms with E-state index in [0.29, 0.717) is 18.7 Å². The number of ether oxygens (including phenoxy) is 1. The number of para-hydroxylation sites is 1. The Bertz CT molecular complexity index is 964. The number of amides is 2. The molecule has 0 bridgehead atoms. The van der Waals surface area contributed by atoms with E-state index in [1.165, 1.54) is 0 Å². The van der Waals surface area contributed by atoms with E-state index in [1.54, 1.807) is 0 Å². The molecule has 3 atom stereocenters. The van der Waals surface area contributed by atoms with E-state index in [-0.39, 0.29) is 17.9 Å². The monoisotopic (exact) mass is 409 g/mol. The predicted octanol–water partition coefficient (Wildman–Crippen LogP) is 3.27. The first-order chi connectivity index (χ1) is 14.1. The molecule has 3 aliphatic heterocycles. The fourth-order valence-corrected chi connectivity index (χ4v) is 6.24. The summed E-state index contributed by atoms with van der Waals surface area (Å²) in [4.78, 5) is 29.0. The molecule has 2 N–H and O–H groups in total. The fraction of sp³-hybridized carbons (Fsp3) is 0.364. The molecule has 150 valence electrons. The molecule has 2 saturated heterocycles. The molecule has 0 radical (unpaired) electrons. The third-order valence-corrected chi connectivity index (χ3v) is 7.21. The van der Waals surface area contributed by atoms with Crippen molar-refractivity contribution in [3.63, 3.8) is 0 Å². The van der Waals surface area contributed by atoms with Crippen molar-refractivity contribution >= 4 is 35.0 Å². The molecule has 5 rings (SSSR count). The smallest absolute Gasteiger partial charge is 0.250 e. The third kappa shape index (κ3) is 2.75. The van der Waals surface area contributed by atoms with Gasteiger partial charge >= 0.3 is 0 Å². The molecule has 3 aliphatic rings. The number of fused-ring (bicyclic) bond motifs is 4. The number of nitrogens with zero attached hydrogens (tertiary/aromatic N) is 1. The Balaban J connectivity index is 1.49. The van der Waals surface area contributed by atoms with Crippen molar-refractivity contribution in [1.82, 2.24) is 4.90 Å². The quantitative estimate of drug-likeness (QED) is 0.811. The summed E-state index contributed by atoms with van der Waals surface area (Å²) in [5.74, 6) is 1.84. The fourth-order valence-electron chi connectivity index (χ4n) is 4.93. The summed E-state index contributed by atoms with van der Waals surface area (Å²) in [5.41, 5.74) is 1.51. The van der Waals surface area contributed by atoms with E-state index < -0.39 is 11.5 Å². The highest BCUT2D eigenvalue weighted by molar-refractivity contribution is 7.99. The molecular formula is C22H23N3O3S. The molecule has 0 saturated carbocycles. The number of thioether (sulfide) groups is 1. The van der Waals surface area contributed by atoms with Gasteiger partial charge in [-0.05, 0) is 43.7 Å². The second kappa shape index (κ2) is 7.07. The lowest BCUT2D eigenvalue weighted by atomic mass is 9.79. The van der Waals surface area contributed by atoms with Crippen molar-refractivity contribution < 1.29 is 14.3 Å². The van der Waals surface area contributed by atoms with Gasteiger partial charge in [0.2, 0.25) is 11.8 Å². The van der Waals surface area contributed by atoms with Crippen LogP contribution in [0.25, 0.3) is 0 Å². The first-order valence-corrected chi connectivity index (χ1v) is 11.1. The Morgan fingerprint density at radius 1 is 1.28 bits per heavy atom. The number of benzene rings is 2. The van der Waals surface area contributed by atoms with Crippen molar-refractivity contribution in [2.24, 2.45) is 5.92 Å². The number of carbonyl (C=O) groups is 2. The highest BCUT2D eigenvalue weighted by Gasteiger charge is 2.65. The summed E-state index contributed by atoms with van der Waals surface area (Å²) in [5, 5.41) is 6.06. The van der Waals surface area contributed by atoms with Crippen LogP contribution in [0.5, 0.6) is 5.75 Å². The molecule has 1 spiro atoms. The summed E-state index contributed by atoms with van der Waals surface area (Å²) in [6, 6.07) is 15.3. The Kier molecular flexibility index (Phi) is 4.52. The standard InChI is InChI=1S/C22H23N3O3S/c1-2-28-16-9-7-14(8-10-16)23-20(26)18-11-15-12-29-13-25(15)22(18)17-5-3-4-6-19(17)24-21(22)27/h3-10,15,18H,2,11-13H2,1H3,(H,23,26)(H,24,27)/t15-,18-,22-/m0/s1. The largest absolute Gasteiger partial charge is 0.494 e. The van der Waals surface area contributed by atoms with Crippen LogP contribution >= 0.6 is 11.8 Å². The van der Waals surface area contributed by atoms with E-state index in [0.717, 1.165) is 28.6 Å². The van der Waals surface area contributed by atoms with E-state index in [1.807, 2.05) is 67.2 Å². The molecule has 2 amide bonds. The van der Waals surface area contributed by atoms with Crippen LogP contribution in [-0.2, 0) is 15.1 Å². The topological polar surface area (TPSA) is 70.7 Å². The summed E-state index contributed by atoms with van der Waals surface area (Å²) in [7, 11) is 0. The van der Waals surface area contributed by atoms with Crippen molar-refractivity contribution in [2.75, 3.05) is 28.9 Å². The maximum absolute atomic E-state index is 13.4. The van der Waals surface area contributed by atoms with Gasteiger partial charge in [0.05, 0.1) is 12.5 Å². The van der Waals surface area contributed by atoms with Gasteiger partial charge in [0.15, 0.2) is 0 Å². The molecule has 3 heterocycles. The molecule has 2 aromatic carbocycles. The molecule has 0 aliphatic carbocycles. The molecule has 2 aromatic rings. The van der Waals surface area contributed by atoms with Gasteiger partial charge in [-0.15, -0.1) is 11.8 Å². The molecule has 0 aromatic heterocycles. The zero-order chi connectivity index (χ0) is 20.0. The van der Waals surface area contributed by atoms with Gasteiger partial charge in [-0.2, -0.15) is 0 Å². The lowest BCUT2D eigenvalue weighted by Crippen LogP contribution is -2.53. The van der Waals surface area contributed by atoms with Gasteiger partial charge < -0.3 is 15.4 Å². The van der Waals surface area contributed by atoms with E-state index in [4.69, 9.17) is 4.74 Å². The summed E-state index contributed by atoms with van der Waals surface area (Å²) < 4.78 is 5.47. The Hall–Kier alpha value is -2.51. The number of rotatable bonds is 4. The average molecular weight is 410 g/mol. The minimum Gasteiger partial charge on any atom is -0.494 e. The van der Waals surface area contributed by atoms with Crippen molar-refractivity contribution in [2.45, 2.75) is 24.9 Å². The highest BCUT2D eigenvalue weighted by Crippen LogP contribution is 2.55. The Morgan fingerprint density at radius 3 is 2.86 bits per heavy atom. The SMILES string of the molecule is CCOc1ccc(NC(=O)[C@@H]2C[C@H]3CSCN3[C@]23C(=O)Nc2ccccc23)cc1. The lowest BCUT2D eigenvalue weighted by Gasteiger charge is -2.36. The molecular weight excluding hydrogens is 386 g/mol. The van der Waals surface area contributed by atoms with E-state index in [9.17, 15) is 9.59 Å². The summed E-state index contributed by atoms with van der Waals surface area (Å²) in [6.07, 6.45) is 0.678. The van der Waals surface area contributed by atoms with Gasteiger partial charge in [0.25, 0.3) is 0 Å². The van der Waals surface area contributed by atoms with Crippen LogP contribution in [0.1, 0.15) is 18.9 Å². The van der Waals surface area contributed by atoms with Crippen LogP contribution in [-0.4, -0.2) is 41.0 Å². The zero-order valence-corrected chi connectivity index (χ0v) is 17.0. The minimum absolute atomic E-state index is 0.0875. The Labute approximate surface area is 174 Å². The summed E-state index contributed by atoms with van der Waals surface area (Å²) >= 11 is 1.83. The van der Waals surface area contributed by atoms with Crippen molar-refractivity contribution in [3.05, 3.63) is 54.1 Å². The number of carbonyl (C=O) groups excluding carboxylic acids is 2. The van der Waals surface area contributed by atoms with E-state index in [2.05, 4.69) is 15.5 Å². The van der Waals surface area contributed by atoms with Gasteiger partial charge in [0, 0.05) is 34.6 Å². The van der Waals surface area contributed by atoms with Gasteiger partial charge in [-0.3, -0.25) is 14.5 Å². The molecule has 6 nitrogen and oxygen atoms in total. The average Bonchev–Trinajstić information content (AvgIpc) is 3.38. The number of hydrogen-bond acceptors (Lipinski definition) is 5. The second-order valence-electron chi connectivity index (χ2n) is 7.62. The Morgan fingerprint density at radius 2 is 2.07 bits per heavy atom. The number of anilines is 2. The maximum atomic E-state index is 13.4. The molecule has 0 unspecified atom stereocenters. The van der Waals surface area contributed by atoms with Crippen LogP contribution in [0, 0.1) is 5.92 Å². The minimum atomic E-state index is -0.930. The van der Waals surface area contributed by atoms with Crippen LogP contribution in [0.3, 0.4) is 0 Å². The maximum Gasteiger partial charge on any atom is 0.250 e. The molecule has 7 heteroatoms. The van der Waals surface area contributed by atoms with Crippen molar-refractivity contribution in [1.29, 1.82) is 0 Å². The second-order valence-corrected chi connectivity index (χ2v) is 8.62. The number of nitrogens with one attached hydrogen (secondary N) is 2. The van der Waals surface area contributed by atoms with Crippen molar-refractivity contribution in [3.8, 4) is 5.75 Å². The summed E-state index contributed by atoms with van der Waals surface area (Å²) in [6.45, 7) is 2.53. The van der Waals surface area contributed by atoms with Crippen LogP contribution in [0.2, 0.25) is 0 Å². The zero-order valence-electron chi connectivity index (χ0n) is 16.2. The number of hydrogen-bond donors (Lipinski definition) is 2. The molecule has 2 fully saturated rings. The van der Waals surface area contributed by atoms with Gasteiger partial charge in [-0.25, -0.2) is 0 Å². The molecule has 29 heavy (non-hydrogen) atoms. The predicted molar refractivity (Wildman–Crippen MR) is 114 cm³/mol. The first-order valence-electron chi connectivity index (χ1n) is 9.93. The normalized spacial score (nSPS) is 27.6.